The Bertz CT molecular complexity index is 512. The largest absolute Gasteiger partial charge is 0.402 e. The second-order valence-electron chi connectivity index (χ2n) is 6.61. The van der Waals surface area contributed by atoms with Crippen molar-refractivity contribution in [1.82, 2.24) is 0 Å². The van der Waals surface area contributed by atoms with Crippen LogP contribution in [-0.4, -0.2) is 63.9 Å². The van der Waals surface area contributed by atoms with Crippen LogP contribution < -0.4 is 0 Å². The van der Waals surface area contributed by atoms with Crippen LogP contribution in [0.3, 0.4) is 0 Å². The summed E-state index contributed by atoms with van der Waals surface area (Å²) in [5.41, 5.74) is 0. The van der Waals surface area contributed by atoms with E-state index in [1.165, 1.54) is 0 Å². The lowest BCUT2D eigenvalue weighted by molar-refractivity contribution is -0.492. The zero-order valence-electron chi connectivity index (χ0n) is 19.5. The van der Waals surface area contributed by atoms with Gasteiger partial charge in [0, 0.05) is 33.0 Å². The van der Waals surface area contributed by atoms with Gasteiger partial charge < -0.3 is 23.7 Å². The second-order valence-corrected chi connectivity index (χ2v) is 7.64. The van der Waals surface area contributed by atoms with Gasteiger partial charge in [0.2, 0.25) is 0 Å². The molecule has 1 N–H and O–H groups in total. The molecule has 1 unspecified atom stereocenters. The monoisotopic (exact) mass is 458 g/mol. The predicted octanol–water partition coefficient (Wildman–Crippen LogP) is 4.07. The molecule has 0 fully saturated rings. The highest BCUT2D eigenvalue weighted by Gasteiger charge is 2.65. The highest BCUT2D eigenvalue weighted by atomic mass is 32.3. The predicted molar refractivity (Wildman–Crippen MR) is 113 cm³/mol. The summed E-state index contributed by atoms with van der Waals surface area (Å²) >= 11 is 0. The maximum Gasteiger partial charge on any atom is 0.402 e. The fourth-order valence-corrected chi connectivity index (χ4v) is 3.91. The summed E-state index contributed by atoms with van der Waals surface area (Å²) in [5, 5.41) is 0. The first-order valence-electron chi connectivity index (χ1n) is 11.1. The first kappa shape index (κ1) is 29.7. The Morgan fingerprint density at radius 2 is 1.23 bits per heavy atom. The minimum Gasteiger partial charge on any atom is -0.373 e. The Balaban J connectivity index is 6.34. The van der Waals surface area contributed by atoms with Gasteiger partial charge in [-0.15, -0.1) is 0 Å². The molecule has 30 heavy (non-hydrogen) atoms. The Morgan fingerprint density at radius 3 is 1.63 bits per heavy atom. The second kappa shape index (κ2) is 15.5. The fourth-order valence-electron chi connectivity index (χ4n) is 3.42. The van der Waals surface area contributed by atoms with E-state index in [9.17, 15) is 13.0 Å². The molecule has 0 aromatic rings. The van der Waals surface area contributed by atoms with Crippen LogP contribution in [0.4, 0.5) is 0 Å². The number of hydrogen-bond acceptors (Lipinski definition) is 8. The van der Waals surface area contributed by atoms with Gasteiger partial charge in [-0.25, -0.2) is 0 Å². The summed E-state index contributed by atoms with van der Waals surface area (Å²) in [6, 6.07) is 0. The van der Waals surface area contributed by atoms with Gasteiger partial charge in [-0.1, -0.05) is 39.0 Å². The maximum absolute atomic E-state index is 11.8. The van der Waals surface area contributed by atoms with Crippen LogP contribution >= 0.6 is 0 Å². The van der Waals surface area contributed by atoms with Crippen LogP contribution in [0.2, 0.25) is 0 Å². The molecule has 1 atom stereocenters. The average Bonchev–Trinajstić information content (AvgIpc) is 2.65. The van der Waals surface area contributed by atoms with E-state index in [-0.39, 0.29) is 26.4 Å². The first-order valence-corrected chi connectivity index (χ1v) is 12.4. The average molecular weight is 459 g/mol. The number of ether oxygens (including phenoxy) is 5. The van der Waals surface area contributed by atoms with Gasteiger partial charge in [-0.05, 0) is 41.0 Å². The SMILES string of the molecule is CCCCCCCC(OCC)C(OCC)(OCC)C(OCC)(OCC)OS(=O)(=O)O. The molecule has 0 aliphatic carbocycles. The summed E-state index contributed by atoms with van der Waals surface area (Å²) in [5.74, 6) is -4.28. The van der Waals surface area contributed by atoms with Gasteiger partial charge in [0.1, 0.15) is 6.10 Å². The minimum atomic E-state index is -4.99. The lowest BCUT2D eigenvalue weighted by Crippen LogP contribution is -2.69. The molecule has 0 aliphatic heterocycles. The van der Waals surface area contributed by atoms with Crippen molar-refractivity contribution in [1.29, 1.82) is 0 Å². The van der Waals surface area contributed by atoms with Crippen LogP contribution in [0.25, 0.3) is 0 Å². The molecule has 0 rings (SSSR count). The molecule has 0 spiro atoms. The fraction of sp³-hybridized carbons (Fsp3) is 1.00. The van der Waals surface area contributed by atoms with Gasteiger partial charge >= 0.3 is 16.4 Å². The van der Waals surface area contributed by atoms with E-state index in [0.717, 1.165) is 32.1 Å². The van der Waals surface area contributed by atoms with Crippen molar-refractivity contribution in [3.63, 3.8) is 0 Å². The molecule has 0 aromatic heterocycles. The van der Waals surface area contributed by atoms with Crippen molar-refractivity contribution in [2.24, 2.45) is 0 Å². The molecule has 9 nitrogen and oxygen atoms in total. The standard InChI is InChI=1S/C20H42O9S/c1-7-13-14-15-16-17-18(24-8-2)19(25-9-3,26-10-4)20(27-11-5,28-12-6)29-30(21,22)23/h18H,7-17H2,1-6H3,(H,21,22,23). The van der Waals surface area contributed by atoms with Gasteiger partial charge in [0.25, 0.3) is 5.79 Å². The molecular formula is C20H42O9S. The quantitative estimate of drug-likeness (QED) is 0.164. The molecule has 0 heterocycles. The van der Waals surface area contributed by atoms with Gasteiger partial charge in [-0.3, -0.25) is 4.55 Å². The third-order valence-electron chi connectivity index (χ3n) is 4.39. The number of unbranched alkanes of at least 4 members (excludes halogenated alkanes) is 4. The van der Waals surface area contributed by atoms with E-state index in [1.54, 1.807) is 27.7 Å². The van der Waals surface area contributed by atoms with Crippen molar-refractivity contribution >= 4 is 10.4 Å². The van der Waals surface area contributed by atoms with Crippen molar-refractivity contribution in [2.45, 2.75) is 97.9 Å². The van der Waals surface area contributed by atoms with E-state index >= 15 is 0 Å². The molecule has 182 valence electrons. The van der Waals surface area contributed by atoms with Crippen molar-refractivity contribution in [3.8, 4) is 0 Å². The Hall–Kier alpha value is -0.330. The van der Waals surface area contributed by atoms with Crippen LogP contribution in [0, 0.1) is 0 Å². The Labute approximate surface area is 182 Å². The summed E-state index contributed by atoms with van der Waals surface area (Å²) < 4.78 is 67.4. The molecule has 0 saturated heterocycles. The zero-order chi connectivity index (χ0) is 23.1. The van der Waals surface area contributed by atoms with Crippen molar-refractivity contribution in [2.75, 3.05) is 33.0 Å². The molecule has 0 bridgehead atoms. The summed E-state index contributed by atoms with van der Waals surface area (Å²) in [6.07, 6.45) is 4.83. The van der Waals surface area contributed by atoms with E-state index in [0.29, 0.717) is 13.0 Å². The summed E-state index contributed by atoms with van der Waals surface area (Å²) in [4.78, 5) is 0. The van der Waals surface area contributed by atoms with E-state index in [2.05, 4.69) is 6.92 Å². The first-order chi connectivity index (χ1) is 14.2. The Morgan fingerprint density at radius 1 is 0.733 bits per heavy atom. The molecule has 10 heteroatoms. The highest BCUT2D eigenvalue weighted by Crippen LogP contribution is 2.41. The molecule has 0 aliphatic rings. The molecule has 0 radical (unpaired) electrons. The van der Waals surface area contributed by atoms with Gasteiger partial charge in [0.05, 0.1) is 0 Å². The zero-order valence-corrected chi connectivity index (χ0v) is 20.3. The molecule has 0 amide bonds. The van der Waals surface area contributed by atoms with Crippen LogP contribution in [-0.2, 0) is 38.3 Å². The Kier molecular flexibility index (Phi) is 15.3. The summed E-state index contributed by atoms with van der Waals surface area (Å²) in [6.45, 7) is 11.3. The number of rotatable bonds is 20. The third kappa shape index (κ3) is 9.04. The lowest BCUT2D eigenvalue weighted by atomic mass is 9.98. The van der Waals surface area contributed by atoms with Gasteiger partial charge in [0.15, 0.2) is 0 Å². The third-order valence-corrected chi connectivity index (χ3v) is 4.82. The van der Waals surface area contributed by atoms with E-state index in [4.69, 9.17) is 27.9 Å². The van der Waals surface area contributed by atoms with Crippen molar-refractivity contribution in [3.05, 3.63) is 0 Å². The molecular weight excluding hydrogens is 416 g/mol. The van der Waals surface area contributed by atoms with E-state index in [1.807, 2.05) is 6.92 Å². The van der Waals surface area contributed by atoms with Crippen LogP contribution in [0.1, 0.15) is 80.1 Å². The normalized spacial score (nSPS) is 14.2. The minimum absolute atomic E-state index is 0.00671. The smallest absolute Gasteiger partial charge is 0.373 e. The van der Waals surface area contributed by atoms with Crippen LogP contribution in [0.15, 0.2) is 0 Å². The number of hydrogen-bond donors (Lipinski definition) is 1. The lowest BCUT2D eigenvalue weighted by Gasteiger charge is -2.49. The summed E-state index contributed by atoms with van der Waals surface area (Å²) in [7, 11) is -4.99. The molecule has 0 aromatic carbocycles. The maximum atomic E-state index is 11.8. The highest BCUT2D eigenvalue weighted by molar-refractivity contribution is 7.80. The van der Waals surface area contributed by atoms with Crippen molar-refractivity contribution < 1.29 is 40.8 Å². The van der Waals surface area contributed by atoms with E-state index < -0.39 is 28.3 Å². The molecule has 0 saturated carbocycles. The van der Waals surface area contributed by atoms with Gasteiger partial charge in [-0.2, -0.15) is 12.6 Å². The topological polar surface area (TPSA) is 110 Å². The van der Waals surface area contributed by atoms with Crippen LogP contribution in [0.5, 0.6) is 0 Å².